The summed E-state index contributed by atoms with van der Waals surface area (Å²) in [6.07, 6.45) is 88.0. The van der Waals surface area contributed by atoms with Crippen molar-refractivity contribution in [3.8, 4) is 0 Å². The minimum Gasteiger partial charge on any atom is -0.462 e. The smallest absolute Gasteiger partial charge is 0.462 e. The van der Waals surface area contributed by atoms with Gasteiger partial charge in [-0.2, -0.15) is 0 Å². The van der Waals surface area contributed by atoms with Crippen LogP contribution in [0, 0.1) is 0 Å². The Morgan fingerprint density at radius 1 is 0.397 bits per heavy atom. The highest BCUT2D eigenvalue weighted by molar-refractivity contribution is 7.47. The van der Waals surface area contributed by atoms with Gasteiger partial charge in [0.2, 0.25) is 0 Å². The molecule has 0 aliphatic heterocycles. The summed E-state index contributed by atoms with van der Waals surface area (Å²) in [7, 11) is -4.40. The maximum Gasteiger partial charge on any atom is 0.472 e. The van der Waals surface area contributed by atoms with E-state index in [9.17, 15) is 19.0 Å². The van der Waals surface area contributed by atoms with Crippen molar-refractivity contribution in [1.82, 2.24) is 0 Å². The summed E-state index contributed by atoms with van der Waals surface area (Å²) in [5, 5.41) is 0. The Morgan fingerprint density at radius 2 is 0.705 bits per heavy atom. The number of hydrogen-bond acceptors (Lipinski definition) is 8. The zero-order valence-electron chi connectivity index (χ0n) is 49.6. The number of carbonyl (C=O) groups excluding carboxylic acids is 2. The minimum absolute atomic E-state index is 0.0447. The van der Waals surface area contributed by atoms with E-state index >= 15 is 0 Å². The van der Waals surface area contributed by atoms with Gasteiger partial charge in [-0.15, -0.1) is 0 Å². The van der Waals surface area contributed by atoms with Crippen molar-refractivity contribution in [2.45, 2.75) is 258 Å². The molecule has 0 saturated carbocycles. The van der Waals surface area contributed by atoms with Crippen LogP contribution >= 0.6 is 7.82 Å². The van der Waals surface area contributed by atoms with E-state index in [2.05, 4.69) is 148 Å². The van der Waals surface area contributed by atoms with Crippen molar-refractivity contribution in [2.75, 3.05) is 26.4 Å². The molecule has 0 radical (unpaired) electrons. The van der Waals surface area contributed by atoms with E-state index in [1.807, 2.05) is 0 Å². The molecule has 0 fully saturated rings. The first-order chi connectivity index (χ1) is 38.3. The molecule has 0 heterocycles. The molecular weight excluding hydrogens is 990 g/mol. The molecule has 0 amide bonds. The van der Waals surface area contributed by atoms with Gasteiger partial charge < -0.3 is 20.1 Å². The predicted octanol–water partition coefficient (Wildman–Crippen LogP) is 20.1. The van der Waals surface area contributed by atoms with Gasteiger partial charge in [0.05, 0.1) is 13.2 Å². The molecule has 0 spiro atoms. The Morgan fingerprint density at radius 3 is 1.05 bits per heavy atom. The molecular formula is C68H114NO8P. The fourth-order valence-electron chi connectivity index (χ4n) is 8.23. The molecule has 0 saturated heterocycles. The summed E-state index contributed by atoms with van der Waals surface area (Å²) in [6, 6.07) is 0. The van der Waals surface area contributed by atoms with Gasteiger partial charge in [-0.3, -0.25) is 18.6 Å². The first-order valence-corrected chi connectivity index (χ1v) is 32.7. The van der Waals surface area contributed by atoms with Crippen molar-refractivity contribution < 1.29 is 37.6 Å². The minimum atomic E-state index is -4.40. The maximum absolute atomic E-state index is 12.7. The summed E-state index contributed by atoms with van der Waals surface area (Å²) in [5.41, 5.74) is 5.38. The van der Waals surface area contributed by atoms with E-state index in [4.69, 9.17) is 24.3 Å². The van der Waals surface area contributed by atoms with Crippen molar-refractivity contribution >= 4 is 19.8 Å². The summed E-state index contributed by atoms with van der Waals surface area (Å²) >= 11 is 0. The monoisotopic (exact) mass is 1100 g/mol. The maximum atomic E-state index is 12.7. The number of phosphoric acid groups is 1. The van der Waals surface area contributed by atoms with E-state index in [1.165, 1.54) is 96.3 Å². The first kappa shape index (κ1) is 74.2. The number of hydrogen-bond donors (Lipinski definition) is 2. The third kappa shape index (κ3) is 61.4. The van der Waals surface area contributed by atoms with Crippen molar-refractivity contribution in [3.63, 3.8) is 0 Å². The van der Waals surface area contributed by atoms with Gasteiger partial charge in [0.15, 0.2) is 6.10 Å². The number of allylic oxidation sites excluding steroid dienone is 22. The number of phosphoric ester groups is 1. The number of nitrogens with two attached hydrogens (primary N) is 1. The highest BCUT2D eigenvalue weighted by Gasteiger charge is 2.26. The lowest BCUT2D eigenvalue weighted by Crippen LogP contribution is -2.29. The number of esters is 2. The van der Waals surface area contributed by atoms with Gasteiger partial charge in [0.1, 0.15) is 6.61 Å². The Labute approximate surface area is 478 Å². The molecule has 2 atom stereocenters. The molecule has 78 heavy (non-hydrogen) atoms. The molecule has 0 bridgehead atoms. The van der Waals surface area contributed by atoms with Crippen LogP contribution in [0.15, 0.2) is 134 Å². The van der Waals surface area contributed by atoms with E-state index in [-0.39, 0.29) is 38.6 Å². The SMILES string of the molecule is CC/C=C\C/C=C\C/C=C\C/C=C\C/C=C\C/C=C\C/C=C\C/C=C\C/C=C\C/C=C\C/C=C\CCCCCCCC(=O)OC(COC(=O)CCCCCCCCCCCCCCCCCCCC)COP(=O)(O)OCCN. The molecule has 0 aliphatic rings. The summed E-state index contributed by atoms with van der Waals surface area (Å²) < 4.78 is 33.0. The average Bonchev–Trinajstić information content (AvgIpc) is 3.43. The summed E-state index contributed by atoms with van der Waals surface area (Å²) in [5.74, 6) is -0.851. The van der Waals surface area contributed by atoms with Gasteiger partial charge in [-0.05, 0) is 96.3 Å². The number of ether oxygens (including phenoxy) is 2. The van der Waals surface area contributed by atoms with Gasteiger partial charge in [0, 0.05) is 19.4 Å². The molecule has 0 aliphatic carbocycles. The zero-order valence-corrected chi connectivity index (χ0v) is 50.5. The molecule has 2 unspecified atom stereocenters. The second-order valence-electron chi connectivity index (χ2n) is 20.2. The average molecular weight is 1100 g/mol. The molecule has 0 aromatic rings. The van der Waals surface area contributed by atoms with Crippen LogP contribution in [0.25, 0.3) is 0 Å². The van der Waals surface area contributed by atoms with E-state index < -0.39 is 26.5 Å². The van der Waals surface area contributed by atoms with Crippen LogP contribution in [-0.2, 0) is 32.7 Å². The molecule has 0 aromatic heterocycles. The predicted molar refractivity (Wildman–Crippen MR) is 334 cm³/mol. The van der Waals surface area contributed by atoms with Crippen molar-refractivity contribution in [1.29, 1.82) is 0 Å². The van der Waals surface area contributed by atoms with Crippen LogP contribution in [0.2, 0.25) is 0 Å². The van der Waals surface area contributed by atoms with Crippen LogP contribution in [0.5, 0.6) is 0 Å². The topological polar surface area (TPSA) is 134 Å². The second kappa shape index (κ2) is 62.3. The molecule has 10 heteroatoms. The Bertz CT molecular complexity index is 1740. The third-order valence-electron chi connectivity index (χ3n) is 12.8. The van der Waals surface area contributed by atoms with Gasteiger partial charge in [-0.1, -0.05) is 276 Å². The van der Waals surface area contributed by atoms with Gasteiger partial charge in [0.25, 0.3) is 0 Å². The first-order valence-electron chi connectivity index (χ1n) is 31.2. The fourth-order valence-corrected chi connectivity index (χ4v) is 8.99. The Hall–Kier alpha value is -3.85. The summed E-state index contributed by atoms with van der Waals surface area (Å²) in [4.78, 5) is 35.2. The third-order valence-corrected chi connectivity index (χ3v) is 13.8. The highest BCUT2D eigenvalue weighted by Crippen LogP contribution is 2.43. The lowest BCUT2D eigenvalue weighted by molar-refractivity contribution is -0.161. The number of carbonyl (C=O) groups is 2. The second-order valence-corrected chi connectivity index (χ2v) is 21.7. The largest absolute Gasteiger partial charge is 0.472 e. The van der Waals surface area contributed by atoms with Crippen LogP contribution in [-0.4, -0.2) is 49.3 Å². The van der Waals surface area contributed by atoms with Crippen molar-refractivity contribution in [3.05, 3.63) is 134 Å². The Kier molecular flexibility index (Phi) is 59.3. The van der Waals surface area contributed by atoms with E-state index in [1.54, 1.807) is 0 Å². The summed E-state index contributed by atoms with van der Waals surface area (Å²) in [6.45, 7) is 3.61. The highest BCUT2D eigenvalue weighted by atomic mass is 31.2. The molecule has 0 aromatic carbocycles. The fraction of sp³-hybridized carbons (Fsp3) is 0.647. The zero-order chi connectivity index (χ0) is 56.6. The van der Waals surface area contributed by atoms with E-state index in [0.29, 0.717) is 6.42 Å². The molecule has 9 nitrogen and oxygen atoms in total. The Balaban J connectivity index is 4.03. The molecule has 0 rings (SSSR count). The van der Waals surface area contributed by atoms with Crippen LogP contribution < -0.4 is 5.73 Å². The van der Waals surface area contributed by atoms with Gasteiger partial charge in [-0.25, -0.2) is 4.57 Å². The van der Waals surface area contributed by atoms with E-state index in [0.717, 1.165) is 122 Å². The van der Waals surface area contributed by atoms with Crippen molar-refractivity contribution in [2.24, 2.45) is 5.73 Å². The van der Waals surface area contributed by atoms with Crippen LogP contribution in [0.1, 0.15) is 251 Å². The number of unbranched alkanes of at least 4 members (excludes halogenated alkanes) is 22. The molecule has 444 valence electrons. The van der Waals surface area contributed by atoms with Crippen LogP contribution in [0.4, 0.5) is 0 Å². The standard InChI is InChI=1S/C68H114NO8P/c1-3-5-7-9-11-13-15-17-19-21-23-24-25-26-27-28-29-30-31-32-33-34-35-36-37-38-39-40-41-42-43-45-47-49-51-53-55-57-59-61-68(71)77-66(65-76-78(72,73)75-63-62-69)64-74-67(70)60-58-56-54-52-50-48-46-44-22-20-18-16-14-12-10-8-6-4-2/h5,7,11,13,17,19,23-24,26-27,29-30,32-33,35-36,38-39,41-42,45,47,66H,3-4,6,8-10,12,14-16,18,20-22,25,28,31,34,37,40,43-44,46,48-65,69H2,1-2H3,(H,72,73)/b7-5-,13-11-,19-17-,24-23-,27-26-,30-29-,33-32-,36-35-,39-38-,42-41-,47-45-. The molecule has 3 N–H and O–H groups in total. The van der Waals surface area contributed by atoms with Gasteiger partial charge >= 0.3 is 19.8 Å². The quantitative estimate of drug-likeness (QED) is 0.0264. The lowest BCUT2D eigenvalue weighted by Gasteiger charge is -2.19. The van der Waals surface area contributed by atoms with Crippen LogP contribution in [0.3, 0.4) is 0 Å². The lowest BCUT2D eigenvalue weighted by atomic mass is 10.0. The normalized spacial score (nSPS) is 13.9. The number of rotatable bonds is 57.